The maximum Gasteiger partial charge on any atom is 0.274 e. The molecule has 1 saturated heterocycles. The first-order valence-corrected chi connectivity index (χ1v) is 10.9. The predicted octanol–water partition coefficient (Wildman–Crippen LogP) is 2.53. The van der Waals surface area contributed by atoms with Gasteiger partial charge in [-0.1, -0.05) is 19.9 Å². The Balaban J connectivity index is 1.64. The van der Waals surface area contributed by atoms with Gasteiger partial charge in [-0.2, -0.15) is 4.98 Å². The van der Waals surface area contributed by atoms with Crippen LogP contribution in [0.1, 0.15) is 43.7 Å². The van der Waals surface area contributed by atoms with Crippen molar-refractivity contribution in [2.75, 3.05) is 28.6 Å². The number of aromatic amines is 1. The minimum Gasteiger partial charge on any atom is -0.342 e. The summed E-state index contributed by atoms with van der Waals surface area (Å²) in [7, 11) is 0. The first kappa shape index (κ1) is 22.4. The number of carbonyl (C=O) groups excluding carboxylic acids is 2. The third-order valence-corrected chi connectivity index (χ3v) is 6.10. The number of hydrogen-bond donors (Lipinski definition) is 3. The standard InChI is InChI=1S/C22H26N6O5/c1-11-6-12(2)10-27(9-11)22-25-19-18(21(31)26-22)15(8-17(29)24-19)20(30)23-14-5-4-13(3)16(7-14)28(32)33/h4-5,7,11-12,15H,6,8-10H2,1-3H3,(H,23,30)(H2,24,25,26,29,31)/t11-,12-,15+/m0/s1. The number of aromatic nitrogens is 2. The summed E-state index contributed by atoms with van der Waals surface area (Å²) in [4.78, 5) is 58.3. The summed E-state index contributed by atoms with van der Waals surface area (Å²) in [5.74, 6) is -0.799. The zero-order chi connectivity index (χ0) is 23.9. The summed E-state index contributed by atoms with van der Waals surface area (Å²) in [6.07, 6.45) is 0.858. The summed E-state index contributed by atoms with van der Waals surface area (Å²) < 4.78 is 0. The van der Waals surface area contributed by atoms with E-state index in [1.165, 1.54) is 18.2 Å². The third kappa shape index (κ3) is 4.57. The van der Waals surface area contributed by atoms with E-state index < -0.39 is 28.2 Å². The Bertz CT molecular complexity index is 1180. The highest BCUT2D eigenvalue weighted by molar-refractivity contribution is 6.04. The molecule has 174 valence electrons. The average molecular weight is 454 g/mol. The van der Waals surface area contributed by atoms with E-state index in [-0.39, 0.29) is 29.2 Å². The number of aryl methyl sites for hydroxylation is 1. The van der Waals surface area contributed by atoms with Crippen LogP contribution in [-0.4, -0.2) is 39.8 Å². The molecule has 11 heteroatoms. The van der Waals surface area contributed by atoms with Gasteiger partial charge in [0, 0.05) is 36.8 Å². The monoisotopic (exact) mass is 454 g/mol. The van der Waals surface area contributed by atoms with Gasteiger partial charge in [0.15, 0.2) is 0 Å². The van der Waals surface area contributed by atoms with Crippen LogP contribution in [-0.2, 0) is 9.59 Å². The molecule has 1 aromatic carbocycles. The number of amides is 2. The van der Waals surface area contributed by atoms with Gasteiger partial charge < -0.3 is 15.5 Å². The van der Waals surface area contributed by atoms with Gasteiger partial charge in [-0.15, -0.1) is 0 Å². The second-order valence-corrected chi connectivity index (χ2v) is 9.06. The topological polar surface area (TPSA) is 150 Å². The minimum atomic E-state index is -1.07. The molecule has 2 aliphatic heterocycles. The smallest absolute Gasteiger partial charge is 0.274 e. The van der Waals surface area contributed by atoms with E-state index >= 15 is 0 Å². The molecule has 3 N–H and O–H groups in total. The molecule has 0 bridgehead atoms. The highest BCUT2D eigenvalue weighted by atomic mass is 16.6. The molecular formula is C22H26N6O5. The molecule has 4 rings (SSSR count). The van der Waals surface area contributed by atoms with Crippen LogP contribution in [0, 0.1) is 28.9 Å². The van der Waals surface area contributed by atoms with Crippen LogP contribution in [0.3, 0.4) is 0 Å². The van der Waals surface area contributed by atoms with Gasteiger partial charge in [0.25, 0.3) is 11.2 Å². The maximum atomic E-state index is 13.0. The lowest BCUT2D eigenvalue weighted by Crippen LogP contribution is -2.42. The third-order valence-electron chi connectivity index (χ3n) is 6.10. The number of rotatable bonds is 4. The number of nitrogens with zero attached hydrogens (tertiary/aromatic N) is 3. The lowest BCUT2D eigenvalue weighted by Gasteiger charge is -2.35. The van der Waals surface area contributed by atoms with Crippen LogP contribution >= 0.6 is 0 Å². The maximum absolute atomic E-state index is 13.0. The van der Waals surface area contributed by atoms with Gasteiger partial charge in [0.05, 0.1) is 16.4 Å². The van der Waals surface area contributed by atoms with Crippen molar-refractivity contribution in [2.24, 2.45) is 11.8 Å². The molecule has 0 unspecified atom stereocenters. The fraction of sp³-hybridized carbons (Fsp3) is 0.455. The van der Waals surface area contributed by atoms with Crippen LogP contribution in [0.5, 0.6) is 0 Å². The summed E-state index contributed by atoms with van der Waals surface area (Å²) in [5.41, 5.74) is 0.118. The van der Waals surface area contributed by atoms with Crippen molar-refractivity contribution in [3.05, 3.63) is 49.8 Å². The summed E-state index contributed by atoms with van der Waals surface area (Å²) in [6.45, 7) is 7.33. The molecule has 2 aliphatic rings. The molecule has 3 atom stereocenters. The van der Waals surface area contributed by atoms with E-state index in [0.29, 0.717) is 23.3 Å². The highest BCUT2D eigenvalue weighted by Crippen LogP contribution is 2.32. The zero-order valence-electron chi connectivity index (χ0n) is 18.7. The molecule has 0 saturated carbocycles. The van der Waals surface area contributed by atoms with Crippen molar-refractivity contribution in [3.8, 4) is 0 Å². The van der Waals surface area contributed by atoms with Crippen LogP contribution < -0.4 is 21.1 Å². The molecule has 0 aliphatic carbocycles. The SMILES string of the molecule is Cc1ccc(NC(=O)[C@@H]2CC(=O)Nc3nc(N4C[C@@H](C)C[C@H](C)C4)[nH]c(=O)c32)cc1[N+](=O)[O-]. The van der Waals surface area contributed by atoms with Crippen molar-refractivity contribution < 1.29 is 14.5 Å². The number of nitrogens with one attached hydrogen (secondary N) is 3. The highest BCUT2D eigenvalue weighted by Gasteiger charge is 2.36. The van der Waals surface area contributed by atoms with Crippen molar-refractivity contribution in [2.45, 2.75) is 39.5 Å². The molecule has 11 nitrogen and oxygen atoms in total. The Hall–Kier alpha value is -3.76. The van der Waals surface area contributed by atoms with Crippen molar-refractivity contribution in [1.29, 1.82) is 0 Å². The first-order valence-electron chi connectivity index (χ1n) is 10.9. The molecule has 2 aromatic rings. The lowest BCUT2D eigenvalue weighted by atomic mass is 9.91. The van der Waals surface area contributed by atoms with E-state index in [1.807, 2.05) is 4.90 Å². The van der Waals surface area contributed by atoms with Crippen molar-refractivity contribution in [3.63, 3.8) is 0 Å². The largest absolute Gasteiger partial charge is 0.342 e. The zero-order valence-corrected chi connectivity index (χ0v) is 18.7. The average Bonchev–Trinajstić information content (AvgIpc) is 2.73. The van der Waals surface area contributed by atoms with Gasteiger partial charge in [0.1, 0.15) is 5.82 Å². The van der Waals surface area contributed by atoms with E-state index in [9.17, 15) is 24.5 Å². The molecule has 1 fully saturated rings. The first-order chi connectivity index (χ1) is 15.6. The molecule has 0 radical (unpaired) electrons. The molecular weight excluding hydrogens is 428 g/mol. The van der Waals surface area contributed by atoms with Gasteiger partial charge in [-0.3, -0.25) is 29.5 Å². The lowest BCUT2D eigenvalue weighted by molar-refractivity contribution is -0.385. The van der Waals surface area contributed by atoms with E-state index in [4.69, 9.17) is 0 Å². The van der Waals surface area contributed by atoms with Crippen LogP contribution in [0.15, 0.2) is 23.0 Å². The number of H-pyrrole nitrogens is 1. The van der Waals surface area contributed by atoms with Gasteiger partial charge in [-0.25, -0.2) is 0 Å². The number of nitro benzene ring substituents is 1. The fourth-order valence-corrected chi connectivity index (χ4v) is 4.68. The molecule has 0 spiro atoms. The van der Waals surface area contributed by atoms with E-state index in [2.05, 4.69) is 34.4 Å². The second kappa shape index (κ2) is 8.64. The summed E-state index contributed by atoms with van der Waals surface area (Å²) >= 11 is 0. The van der Waals surface area contributed by atoms with Gasteiger partial charge in [0.2, 0.25) is 17.8 Å². The van der Waals surface area contributed by atoms with Crippen molar-refractivity contribution >= 4 is 35.0 Å². The molecule has 3 heterocycles. The Morgan fingerprint density at radius 3 is 2.61 bits per heavy atom. The van der Waals surface area contributed by atoms with Crippen molar-refractivity contribution in [1.82, 2.24) is 9.97 Å². The van der Waals surface area contributed by atoms with Gasteiger partial charge >= 0.3 is 0 Å². The number of fused-ring (bicyclic) bond motifs is 1. The number of anilines is 3. The van der Waals surface area contributed by atoms with E-state index in [0.717, 1.165) is 19.5 Å². The summed E-state index contributed by atoms with van der Waals surface area (Å²) in [6, 6.07) is 4.31. The number of carbonyl (C=O) groups is 2. The van der Waals surface area contributed by atoms with Crippen LogP contribution in [0.2, 0.25) is 0 Å². The Labute approximate surface area is 189 Å². The molecule has 2 amide bonds. The molecule has 33 heavy (non-hydrogen) atoms. The van der Waals surface area contributed by atoms with E-state index in [1.54, 1.807) is 6.92 Å². The van der Waals surface area contributed by atoms with Crippen LogP contribution in [0.4, 0.5) is 23.1 Å². The normalized spacial score (nSPS) is 22.3. The Morgan fingerprint density at radius 1 is 1.24 bits per heavy atom. The number of nitro groups is 1. The number of hydrogen-bond acceptors (Lipinski definition) is 7. The second-order valence-electron chi connectivity index (χ2n) is 9.06. The molecule has 1 aromatic heterocycles. The fourth-order valence-electron chi connectivity index (χ4n) is 4.68. The quantitative estimate of drug-likeness (QED) is 0.474. The van der Waals surface area contributed by atoms with Crippen LogP contribution in [0.25, 0.3) is 0 Å². The van der Waals surface area contributed by atoms with Gasteiger partial charge in [-0.05, 0) is 31.2 Å². The predicted molar refractivity (Wildman–Crippen MR) is 122 cm³/mol. The Kier molecular flexibility index (Phi) is 5.88. The minimum absolute atomic E-state index is 0.0749. The summed E-state index contributed by atoms with van der Waals surface area (Å²) in [5, 5.41) is 16.4. The number of benzene rings is 1. The Morgan fingerprint density at radius 2 is 1.94 bits per heavy atom. The number of piperidine rings is 1.